The molecule has 0 amide bonds. The van der Waals surface area contributed by atoms with Crippen LogP contribution in [0.5, 0.6) is 0 Å². The lowest BCUT2D eigenvalue weighted by molar-refractivity contribution is -0.253. The van der Waals surface area contributed by atoms with Crippen LogP contribution in [-0.2, 0) is 37.4 Å². The van der Waals surface area contributed by atoms with Crippen molar-refractivity contribution in [1.29, 1.82) is 0 Å². The van der Waals surface area contributed by atoms with Crippen molar-refractivity contribution in [3.8, 4) is 11.1 Å². The van der Waals surface area contributed by atoms with Crippen LogP contribution in [0.2, 0.25) is 0 Å². The quantitative estimate of drug-likeness (QED) is 0.196. The van der Waals surface area contributed by atoms with Crippen LogP contribution >= 0.6 is 0 Å². The summed E-state index contributed by atoms with van der Waals surface area (Å²) in [4.78, 5) is 2.73. The molecule has 0 bridgehead atoms. The molecule has 4 aromatic carbocycles. The number of ether oxygens (including phenoxy) is 3. The number of hydrogen-bond acceptors (Lipinski definition) is 7. The predicted octanol–water partition coefficient (Wildman–Crippen LogP) is 5.98. The first kappa shape index (κ1) is 32.5. The summed E-state index contributed by atoms with van der Waals surface area (Å²) in [5.74, 6) is 0. The Morgan fingerprint density at radius 2 is 1.63 bits per heavy atom. The van der Waals surface area contributed by atoms with Crippen LogP contribution in [0, 0.1) is 0 Å². The molecule has 8 nitrogen and oxygen atoms in total. The van der Waals surface area contributed by atoms with E-state index in [1.165, 1.54) is 0 Å². The number of nitrogens with one attached hydrogen (secondary N) is 1. The average molecular weight is 643 g/mol. The molecule has 0 aromatic heterocycles. The Morgan fingerprint density at radius 3 is 2.37 bits per heavy atom. The van der Waals surface area contributed by atoms with E-state index in [0.717, 1.165) is 72.3 Å². The lowest BCUT2D eigenvalue weighted by atomic mass is 9.99. The highest BCUT2D eigenvalue weighted by Crippen LogP contribution is 2.39. The van der Waals surface area contributed by atoms with E-state index in [1.54, 1.807) is 37.4 Å². The van der Waals surface area contributed by atoms with E-state index < -0.39 is 16.3 Å². The van der Waals surface area contributed by atoms with E-state index in [4.69, 9.17) is 14.2 Å². The molecular weight excluding hydrogens is 600 g/mol. The monoisotopic (exact) mass is 642 g/mol. The maximum atomic E-state index is 12.7. The van der Waals surface area contributed by atoms with Gasteiger partial charge < -0.3 is 19.3 Å². The fourth-order valence-corrected chi connectivity index (χ4v) is 7.40. The molecule has 46 heavy (non-hydrogen) atoms. The maximum Gasteiger partial charge on any atom is 0.240 e. The molecule has 2 fully saturated rings. The van der Waals surface area contributed by atoms with Crippen molar-refractivity contribution in [2.45, 2.75) is 61.8 Å². The summed E-state index contributed by atoms with van der Waals surface area (Å²) in [5.41, 5.74) is 5.75. The van der Waals surface area contributed by atoms with Crippen molar-refractivity contribution in [1.82, 2.24) is 9.62 Å². The fourth-order valence-electron chi connectivity index (χ4n) is 6.37. The van der Waals surface area contributed by atoms with E-state index >= 15 is 0 Å². The summed E-state index contributed by atoms with van der Waals surface area (Å²) in [5, 5.41) is 9.53. The number of rotatable bonds is 12. The smallest absolute Gasteiger partial charge is 0.240 e. The van der Waals surface area contributed by atoms with Gasteiger partial charge in [0.2, 0.25) is 10.0 Å². The largest absolute Gasteiger partial charge is 0.392 e. The normalized spacial score (nSPS) is 22.2. The first-order valence-corrected chi connectivity index (χ1v) is 17.4. The molecule has 4 aromatic rings. The number of methoxy groups -OCH3 is 1. The molecule has 2 N–H and O–H groups in total. The van der Waals surface area contributed by atoms with E-state index in [-0.39, 0.29) is 30.3 Å². The van der Waals surface area contributed by atoms with Crippen LogP contribution in [0.25, 0.3) is 11.1 Å². The summed E-state index contributed by atoms with van der Waals surface area (Å²) in [6, 6.07) is 32.8. The first-order chi connectivity index (χ1) is 22.4. The van der Waals surface area contributed by atoms with Crippen LogP contribution in [-0.4, -0.2) is 57.4 Å². The van der Waals surface area contributed by atoms with E-state index in [1.807, 2.05) is 60.7 Å². The Bertz CT molecular complexity index is 1660. The highest BCUT2D eigenvalue weighted by molar-refractivity contribution is 7.89. The minimum atomic E-state index is -3.60. The highest BCUT2D eigenvalue weighted by Gasteiger charge is 2.35. The minimum absolute atomic E-state index is 0.00850. The van der Waals surface area contributed by atoms with Gasteiger partial charge in [-0.1, -0.05) is 84.9 Å². The van der Waals surface area contributed by atoms with Gasteiger partial charge in [-0.3, -0.25) is 4.90 Å². The zero-order valence-electron chi connectivity index (χ0n) is 26.1. The number of aliphatic hydroxyl groups is 1. The summed E-state index contributed by atoms with van der Waals surface area (Å²) in [6.45, 7) is 2.78. The lowest BCUT2D eigenvalue weighted by Crippen LogP contribution is -2.42. The molecule has 4 atom stereocenters. The number of nitrogens with zero attached hydrogens (tertiary/aromatic N) is 1. The van der Waals surface area contributed by atoms with E-state index in [0.29, 0.717) is 6.04 Å². The van der Waals surface area contributed by atoms with Gasteiger partial charge in [0.25, 0.3) is 0 Å². The number of hydrogen-bond donors (Lipinski definition) is 2. The Balaban J connectivity index is 1.17. The maximum absolute atomic E-state index is 12.7. The van der Waals surface area contributed by atoms with Crippen LogP contribution in [0.1, 0.15) is 53.9 Å². The van der Waals surface area contributed by atoms with Crippen molar-refractivity contribution in [2.24, 2.45) is 0 Å². The third-order valence-electron chi connectivity index (χ3n) is 8.87. The average Bonchev–Trinajstić information content (AvgIpc) is 3.54. The van der Waals surface area contributed by atoms with Crippen LogP contribution in [0.15, 0.2) is 108 Å². The Morgan fingerprint density at radius 1 is 0.870 bits per heavy atom. The second kappa shape index (κ2) is 15.0. The summed E-state index contributed by atoms with van der Waals surface area (Å²) >= 11 is 0. The van der Waals surface area contributed by atoms with Crippen LogP contribution in [0.3, 0.4) is 0 Å². The molecule has 2 aliphatic heterocycles. The number of likely N-dealkylation sites (tertiary alicyclic amines) is 1. The zero-order valence-corrected chi connectivity index (χ0v) is 26.9. The molecule has 2 heterocycles. The number of aliphatic hydroxyl groups excluding tert-OH is 1. The van der Waals surface area contributed by atoms with Crippen molar-refractivity contribution in [2.75, 3.05) is 26.8 Å². The highest BCUT2D eigenvalue weighted by atomic mass is 32.2. The lowest BCUT2D eigenvalue weighted by Gasteiger charge is -2.38. The summed E-state index contributed by atoms with van der Waals surface area (Å²) < 4.78 is 46.8. The molecule has 2 aliphatic rings. The van der Waals surface area contributed by atoms with Gasteiger partial charge in [0, 0.05) is 38.2 Å². The van der Waals surface area contributed by atoms with Gasteiger partial charge in [0.05, 0.1) is 30.3 Å². The van der Waals surface area contributed by atoms with Gasteiger partial charge in [-0.25, -0.2) is 13.1 Å². The second-order valence-electron chi connectivity index (χ2n) is 12.1. The van der Waals surface area contributed by atoms with Gasteiger partial charge in [-0.05, 0) is 65.4 Å². The number of benzene rings is 4. The first-order valence-electron chi connectivity index (χ1n) is 15.9. The van der Waals surface area contributed by atoms with E-state index in [9.17, 15) is 13.5 Å². The topological polar surface area (TPSA) is 97.3 Å². The minimum Gasteiger partial charge on any atom is -0.392 e. The molecule has 0 spiro atoms. The molecule has 0 radical (unpaired) electrons. The molecule has 2 saturated heterocycles. The second-order valence-corrected chi connectivity index (χ2v) is 13.8. The zero-order chi connectivity index (χ0) is 31.9. The van der Waals surface area contributed by atoms with Gasteiger partial charge in [-0.15, -0.1) is 0 Å². The molecule has 242 valence electrons. The molecule has 9 heteroatoms. The van der Waals surface area contributed by atoms with Gasteiger partial charge in [0.1, 0.15) is 0 Å². The Kier molecular flexibility index (Phi) is 10.6. The molecular formula is C37H42N2O6S. The van der Waals surface area contributed by atoms with Gasteiger partial charge in [-0.2, -0.15) is 0 Å². The molecule has 6 rings (SSSR count). The fraction of sp³-hybridized carbons (Fsp3) is 0.351. The molecule has 0 aliphatic carbocycles. The van der Waals surface area contributed by atoms with Crippen molar-refractivity contribution < 1.29 is 27.7 Å². The van der Waals surface area contributed by atoms with Gasteiger partial charge in [0.15, 0.2) is 6.29 Å². The van der Waals surface area contributed by atoms with Crippen LogP contribution < -0.4 is 4.72 Å². The third-order valence-corrected chi connectivity index (χ3v) is 10.3. The SMILES string of the molecule is COC[C@@H]1CCCN1C[C@H]1C[C@@H](c2ccc(CO)cc2)O[C@@H](c2ccc(-c3cccc(CNS(=O)(=O)c4ccccc4)c3)cc2)O1. The Labute approximate surface area is 272 Å². The van der Waals surface area contributed by atoms with Crippen LogP contribution in [0.4, 0.5) is 0 Å². The van der Waals surface area contributed by atoms with Crippen molar-refractivity contribution >= 4 is 10.0 Å². The third kappa shape index (κ3) is 7.93. The summed E-state index contributed by atoms with van der Waals surface area (Å²) in [6.07, 6.45) is 2.34. The van der Waals surface area contributed by atoms with E-state index in [2.05, 4.69) is 21.8 Å². The summed E-state index contributed by atoms with van der Waals surface area (Å²) in [7, 11) is -1.84. The Hall–Kier alpha value is -3.41. The molecule has 0 unspecified atom stereocenters. The van der Waals surface area contributed by atoms with Crippen molar-refractivity contribution in [3.05, 3.63) is 125 Å². The standard InChI is InChI=1S/C37H42N2O6S/c1-43-26-33-9-6-20-39(33)24-34-22-36(30-14-12-27(25-40)13-15-30)45-37(44-34)31-18-16-29(17-19-31)32-8-5-7-28(21-32)23-38-46(41,42)35-10-3-2-4-11-35/h2-5,7-8,10-19,21,33-34,36-38,40H,6,9,20,22-26H2,1H3/t33-,34+,36-,37-/m0/s1. The van der Waals surface area contributed by atoms with Gasteiger partial charge >= 0.3 is 0 Å². The van der Waals surface area contributed by atoms with Crippen molar-refractivity contribution in [3.63, 3.8) is 0 Å². The predicted molar refractivity (Wildman–Crippen MR) is 177 cm³/mol. The molecule has 0 saturated carbocycles. The number of sulfonamides is 1.